The minimum atomic E-state index is -2.79. The third kappa shape index (κ3) is 4.36. The van der Waals surface area contributed by atoms with Crippen LogP contribution in [0.4, 0.5) is 8.78 Å². The third-order valence-corrected chi connectivity index (χ3v) is 6.33. The van der Waals surface area contributed by atoms with Gasteiger partial charge in [-0.3, -0.25) is 14.6 Å². The Balaban J connectivity index is 1.28. The van der Waals surface area contributed by atoms with Gasteiger partial charge in [0, 0.05) is 24.2 Å². The number of aromatic nitrogens is 4. The van der Waals surface area contributed by atoms with E-state index >= 15 is 0 Å². The Morgan fingerprint density at radius 2 is 1.94 bits per heavy atom. The number of benzene rings is 1. The monoisotopic (exact) mass is 480 g/mol. The summed E-state index contributed by atoms with van der Waals surface area (Å²) in [4.78, 5) is 45.7. The molecule has 0 spiro atoms. The zero-order valence-electron chi connectivity index (χ0n) is 18.8. The molecular weight excluding hydrogens is 458 g/mol. The standard InChI is InChI=1S/C24H22F2N6O3/c1-13(20-27-7-8-32(20)30-14(2)19-10-28-23(35)29-21(19)33)17-9-18(17)15-3-5-16(6-4-15)22(34)31-11-24(25,26)12-31/h3-8,10,17-18H,1,9,11-12H2,2H3,(H2,28,29,33,35)/b30-14+/t17-,18-/m1/s1. The minimum absolute atomic E-state index is 0.124. The summed E-state index contributed by atoms with van der Waals surface area (Å²) in [5.74, 6) is -2.31. The van der Waals surface area contributed by atoms with Crippen molar-refractivity contribution in [2.75, 3.05) is 13.1 Å². The second kappa shape index (κ2) is 8.26. The molecule has 35 heavy (non-hydrogen) atoms. The van der Waals surface area contributed by atoms with E-state index < -0.39 is 36.2 Å². The summed E-state index contributed by atoms with van der Waals surface area (Å²) < 4.78 is 27.6. The first-order valence-electron chi connectivity index (χ1n) is 11.0. The number of halogens is 2. The number of aromatic amines is 2. The molecule has 5 rings (SSSR count). The zero-order valence-corrected chi connectivity index (χ0v) is 18.8. The molecule has 180 valence electrons. The molecule has 1 aliphatic carbocycles. The van der Waals surface area contributed by atoms with Crippen molar-refractivity contribution in [2.45, 2.75) is 25.2 Å². The number of rotatable bonds is 6. The van der Waals surface area contributed by atoms with Crippen LogP contribution in [0.1, 0.15) is 46.6 Å². The Hall–Kier alpha value is -4.15. The van der Waals surface area contributed by atoms with Gasteiger partial charge >= 0.3 is 5.69 Å². The van der Waals surface area contributed by atoms with E-state index in [1.165, 1.54) is 6.20 Å². The predicted octanol–water partition coefficient (Wildman–Crippen LogP) is 2.44. The Labute approximate surface area is 197 Å². The molecular formula is C24H22F2N6O3. The lowest BCUT2D eigenvalue weighted by Gasteiger charge is -2.38. The van der Waals surface area contributed by atoms with Gasteiger partial charge < -0.3 is 9.88 Å². The molecule has 2 atom stereocenters. The predicted molar refractivity (Wildman–Crippen MR) is 125 cm³/mol. The van der Waals surface area contributed by atoms with Crippen molar-refractivity contribution in [1.29, 1.82) is 0 Å². The lowest BCUT2D eigenvalue weighted by Crippen LogP contribution is -2.58. The number of nitrogens with zero attached hydrogens (tertiary/aromatic N) is 4. The van der Waals surface area contributed by atoms with E-state index in [0.29, 0.717) is 17.1 Å². The van der Waals surface area contributed by atoms with Crippen LogP contribution >= 0.6 is 0 Å². The number of hydrogen-bond donors (Lipinski definition) is 2. The highest BCUT2D eigenvalue weighted by atomic mass is 19.3. The minimum Gasteiger partial charge on any atom is -0.326 e. The topological polar surface area (TPSA) is 116 Å². The molecule has 9 nitrogen and oxygen atoms in total. The molecule has 3 heterocycles. The number of amides is 1. The van der Waals surface area contributed by atoms with Crippen LogP contribution in [0.5, 0.6) is 0 Å². The first kappa shape index (κ1) is 22.6. The van der Waals surface area contributed by atoms with Gasteiger partial charge in [-0.15, -0.1) is 0 Å². The summed E-state index contributed by atoms with van der Waals surface area (Å²) in [6.07, 6.45) is 5.40. The molecule has 1 saturated carbocycles. The maximum atomic E-state index is 13.0. The van der Waals surface area contributed by atoms with Crippen LogP contribution in [0.15, 0.2) is 64.1 Å². The van der Waals surface area contributed by atoms with Crippen molar-refractivity contribution >= 4 is 17.2 Å². The maximum Gasteiger partial charge on any atom is 0.325 e. The van der Waals surface area contributed by atoms with Gasteiger partial charge in [-0.2, -0.15) is 5.10 Å². The van der Waals surface area contributed by atoms with Gasteiger partial charge in [-0.05, 0) is 48.4 Å². The SMILES string of the molecule is C=C(c1nccn1/N=C(\C)c1c[nH]c(=O)[nH]c1=O)[C@H]1C[C@@H]1c1ccc(C(=O)N2CC(F)(F)C2)cc1. The van der Waals surface area contributed by atoms with E-state index in [4.69, 9.17) is 0 Å². The number of H-pyrrole nitrogens is 2. The van der Waals surface area contributed by atoms with Crippen LogP contribution < -0.4 is 11.2 Å². The molecule has 11 heteroatoms. The smallest absolute Gasteiger partial charge is 0.325 e. The number of nitrogens with one attached hydrogen (secondary N) is 2. The van der Waals surface area contributed by atoms with E-state index in [-0.39, 0.29) is 17.4 Å². The molecule has 0 radical (unpaired) electrons. The lowest BCUT2D eigenvalue weighted by atomic mass is 10.0. The second-order valence-electron chi connectivity index (χ2n) is 8.88. The fraction of sp³-hybridized carbons (Fsp3) is 0.292. The number of carbonyl (C=O) groups excluding carboxylic acids is 1. The Kier molecular flexibility index (Phi) is 5.34. The Morgan fingerprint density at radius 3 is 2.60 bits per heavy atom. The van der Waals surface area contributed by atoms with Crippen molar-refractivity contribution in [1.82, 2.24) is 24.5 Å². The zero-order chi connectivity index (χ0) is 24.9. The quantitative estimate of drug-likeness (QED) is 0.527. The molecule has 3 aromatic rings. The highest BCUT2D eigenvalue weighted by Crippen LogP contribution is 2.53. The van der Waals surface area contributed by atoms with Crippen LogP contribution in [0, 0.1) is 5.92 Å². The molecule has 1 saturated heterocycles. The molecule has 1 amide bonds. The van der Waals surface area contributed by atoms with Crippen molar-refractivity contribution in [3.05, 3.63) is 92.8 Å². The molecule has 2 aromatic heterocycles. The first-order valence-corrected chi connectivity index (χ1v) is 11.0. The molecule has 0 bridgehead atoms. The summed E-state index contributed by atoms with van der Waals surface area (Å²) in [6.45, 7) is 4.78. The first-order chi connectivity index (χ1) is 16.6. The molecule has 2 fully saturated rings. The van der Waals surface area contributed by atoms with E-state index in [1.807, 2.05) is 12.1 Å². The van der Waals surface area contributed by atoms with Gasteiger partial charge in [-0.1, -0.05) is 18.7 Å². The third-order valence-electron chi connectivity index (χ3n) is 6.33. The van der Waals surface area contributed by atoms with Crippen LogP contribution in [0.2, 0.25) is 0 Å². The lowest BCUT2D eigenvalue weighted by molar-refractivity contribution is -0.113. The normalized spacial score (nSPS) is 20.9. The van der Waals surface area contributed by atoms with Gasteiger partial charge in [0.15, 0.2) is 5.82 Å². The van der Waals surface area contributed by atoms with Crippen molar-refractivity contribution < 1.29 is 13.6 Å². The largest absolute Gasteiger partial charge is 0.326 e. The molecule has 1 aromatic carbocycles. The fourth-order valence-corrected chi connectivity index (χ4v) is 4.33. The van der Waals surface area contributed by atoms with Crippen LogP contribution in [-0.2, 0) is 0 Å². The van der Waals surface area contributed by atoms with Gasteiger partial charge in [0.25, 0.3) is 17.4 Å². The fourth-order valence-electron chi connectivity index (χ4n) is 4.33. The van der Waals surface area contributed by atoms with Crippen molar-refractivity contribution in [3.8, 4) is 0 Å². The Bertz CT molecular complexity index is 1460. The number of allylic oxidation sites excluding steroid dienone is 1. The highest BCUT2D eigenvalue weighted by molar-refractivity contribution is 5.98. The van der Waals surface area contributed by atoms with Crippen LogP contribution in [0.25, 0.3) is 5.57 Å². The summed E-state index contributed by atoms with van der Waals surface area (Å²) >= 11 is 0. The summed E-state index contributed by atoms with van der Waals surface area (Å²) in [6, 6.07) is 7.03. The summed E-state index contributed by atoms with van der Waals surface area (Å²) in [5, 5.41) is 4.45. The van der Waals surface area contributed by atoms with Crippen molar-refractivity contribution in [2.24, 2.45) is 11.0 Å². The number of imidazole rings is 1. The maximum absolute atomic E-state index is 13.0. The van der Waals surface area contributed by atoms with E-state index in [2.05, 4.69) is 26.6 Å². The van der Waals surface area contributed by atoms with Gasteiger partial charge in [0.05, 0.1) is 24.4 Å². The van der Waals surface area contributed by atoms with Crippen LogP contribution in [0.3, 0.4) is 0 Å². The van der Waals surface area contributed by atoms with E-state index in [9.17, 15) is 23.2 Å². The number of likely N-dealkylation sites (tertiary alicyclic amines) is 1. The highest BCUT2D eigenvalue weighted by Gasteiger charge is 2.46. The Morgan fingerprint density at radius 1 is 1.23 bits per heavy atom. The van der Waals surface area contributed by atoms with Crippen LogP contribution in [-0.4, -0.2) is 55.2 Å². The average Bonchev–Trinajstić information content (AvgIpc) is 3.47. The average molecular weight is 480 g/mol. The second-order valence-corrected chi connectivity index (χ2v) is 8.88. The number of carbonyl (C=O) groups is 1. The van der Waals surface area contributed by atoms with Crippen molar-refractivity contribution in [3.63, 3.8) is 0 Å². The molecule has 0 unspecified atom stereocenters. The summed E-state index contributed by atoms with van der Waals surface area (Å²) in [7, 11) is 0. The molecule has 2 N–H and O–H groups in total. The van der Waals surface area contributed by atoms with E-state index in [0.717, 1.165) is 22.5 Å². The summed E-state index contributed by atoms with van der Waals surface area (Å²) in [5.41, 5.74) is 1.69. The number of alkyl halides is 2. The van der Waals surface area contributed by atoms with E-state index in [1.54, 1.807) is 36.1 Å². The number of hydrogen-bond acceptors (Lipinski definition) is 5. The molecule has 2 aliphatic rings. The van der Waals surface area contributed by atoms with Gasteiger partial charge in [0.2, 0.25) is 0 Å². The van der Waals surface area contributed by atoms with Gasteiger partial charge in [-0.25, -0.2) is 23.2 Å². The van der Waals surface area contributed by atoms with Gasteiger partial charge in [0.1, 0.15) is 0 Å². The molecule has 1 aliphatic heterocycles.